The Morgan fingerprint density at radius 3 is 3.09 bits per heavy atom. The lowest BCUT2D eigenvalue weighted by Gasteiger charge is -2.25. The molecule has 0 spiro atoms. The number of halogens is 1. The number of aliphatic hydroxyl groups excluding tert-OH is 1. The summed E-state index contributed by atoms with van der Waals surface area (Å²) in [6.07, 6.45) is 2.39. The SMILES string of the molecule is O=C(C1CC(COc2cccc(F)c2)NN1)N1CCC[C@H]1CO. The number of carbonyl (C=O) groups is 1. The number of ether oxygens (including phenoxy) is 1. The molecule has 2 fully saturated rings. The van der Waals surface area contributed by atoms with Gasteiger partial charge in [0.25, 0.3) is 0 Å². The Kier molecular flexibility index (Phi) is 5.09. The lowest BCUT2D eigenvalue weighted by atomic mass is 10.1. The number of likely N-dealkylation sites (tertiary alicyclic amines) is 1. The molecule has 0 aliphatic carbocycles. The zero-order valence-corrected chi connectivity index (χ0v) is 12.9. The zero-order chi connectivity index (χ0) is 16.2. The molecular formula is C16H22FN3O3. The van der Waals surface area contributed by atoms with Crippen molar-refractivity contribution in [3.63, 3.8) is 0 Å². The fourth-order valence-electron chi connectivity index (χ4n) is 3.16. The second kappa shape index (κ2) is 7.25. The Morgan fingerprint density at radius 1 is 1.43 bits per heavy atom. The van der Waals surface area contributed by atoms with E-state index in [1.54, 1.807) is 17.0 Å². The van der Waals surface area contributed by atoms with Gasteiger partial charge in [-0.1, -0.05) is 6.07 Å². The summed E-state index contributed by atoms with van der Waals surface area (Å²) in [5.74, 6) is 0.154. The first kappa shape index (κ1) is 16.2. The second-order valence-electron chi connectivity index (χ2n) is 6.05. The molecule has 23 heavy (non-hydrogen) atoms. The molecule has 2 aliphatic heterocycles. The summed E-state index contributed by atoms with van der Waals surface area (Å²) in [6.45, 7) is 1.06. The van der Waals surface area contributed by atoms with E-state index in [0.29, 0.717) is 25.3 Å². The molecule has 2 saturated heterocycles. The number of aliphatic hydroxyl groups is 1. The number of amides is 1. The molecule has 3 atom stereocenters. The number of rotatable bonds is 5. The molecule has 2 heterocycles. The summed E-state index contributed by atoms with van der Waals surface area (Å²) in [5.41, 5.74) is 6.05. The molecule has 3 N–H and O–H groups in total. The van der Waals surface area contributed by atoms with Crippen molar-refractivity contribution < 1.29 is 19.0 Å². The average Bonchev–Trinajstić information content (AvgIpc) is 3.21. The number of nitrogens with zero attached hydrogens (tertiary/aromatic N) is 1. The minimum Gasteiger partial charge on any atom is -0.492 e. The summed E-state index contributed by atoms with van der Waals surface area (Å²) in [6, 6.07) is 5.59. The van der Waals surface area contributed by atoms with Gasteiger partial charge in [-0.2, -0.15) is 0 Å². The maximum Gasteiger partial charge on any atom is 0.241 e. The van der Waals surface area contributed by atoms with E-state index in [4.69, 9.17) is 4.74 Å². The minimum atomic E-state index is -0.336. The lowest BCUT2D eigenvalue weighted by Crippen LogP contribution is -2.48. The molecular weight excluding hydrogens is 301 g/mol. The summed E-state index contributed by atoms with van der Waals surface area (Å²) in [7, 11) is 0. The van der Waals surface area contributed by atoms with Crippen molar-refractivity contribution in [1.29, 1.82) is 0 Å². The molecule has 0 radical (unpaired) electrons. The highest BCUT2D eigenvalue weighted by Crippen LogP contribution is 2.20. The van der Waals surface area contributed by atoms with Crippen LogP contribution in [-0.2, 0) is 4.79 Å². The summed E-state index contributed by atoms with van der Waals surface area (Å²) in [4.78, 5) is 14.3. The van der Waals surface area contributed by atoms with Gasteiger partial charge in [-0.05, 0) is 31.4 Å². The summed E-state index contributed by atoms with van der Waals surface area (Å²) in [5, 5.41) is 9.33. The van der Waals surface area contributed by atoms with Gasteiger partial charge in [-0.3, -0.25) is 10.2 Å². The van der Waals surface area contributed by atoms with Crippen LogP contribution in [0.5, 0.6) is 5.75 Å². The van der Waals surface area contributed by atoms with Gasteiger partial charge in [-0.25, -0.2) is 9.82 Å². The minimum absolute atomic E-state index is 0.0119. The molecule has 7 heteroatoms. The molecule has 2 unspecified atom stereocenters. The van der Waals surface area contributed by atoms with Crippen LogP contribution in [0.25, 0.3) is 0 Å². The van der Waals surface area contributed by atoms with Crippen LogP contribution in [0.4, 0.5) is 4.39 Å². The Morgan fingerprint density at radius 2 is 2.30 bits per heavy atom. The number of benzene rings is 1. The van der Waals surface area contributed by atoms with Gasteiger partial charge in [0.15, 0.2) is 0 Å². The van der Waals surface area contributed by atoms with Gasteiger partial charge < -0.3 is 14.7 Å². The van der Waals surface area contributed by atoms with Gasteiger partial charge in [0.05, 0.1) is 18.7 Å². The van der Waals surface area contributed by atoms with Crippen LogP contribution < -0.4 is 15.6 Å². The highest BCUT2D eigenvalue weighted by Gasteiger charge is 2.36. The van der Waals surface area contributed by atoms with Crippen LogP contribution in [0.15, 0.2) is 24.3 Å². The third kappa shape index (κ3) is 3.80. The number of nitrogens with one attached hydrogen (secondary N) is 2. The van der Waals surface area contributed by atoms with E-state index in [9.17, 15) is 14.3 Å². The number of carbonyl (C=O) groups excluding carboxylic acids is 1. The van der Waals surface area contributed by atoms with Crippen LogP contribution in [0.3, 0.4) is 0 Å². The fourth-order valence-corrected chi connectivity index (χ4v) is 3.16. The molecule has 1 aromatic carbocycles. The maximum atomic E-state index is 13.1. The monoisotopic (exact) mass is 323 g/mol. The standard InChI is InChI=1S/C16H22FN3O3/c17-11-3-1-5-14(7-11)23-10-12-8-15(19-18-12)16(22)20-6-2-4-13(20)9-21/h1,3,5,7,12-13,15,18-19,21H,2,4,6,8-10H2/t12?,13-,15?/m0/s1. The molecule has 0 saturated carbocycles. The molecule has 2 aliphatic rings. The Labute approximate surface area is 134 Å². The van der Waals surface area contributed by atoms with Crippen molar-refractivity contribution in [2.75, 3.05) is 19.8 Å². The van der Waals surface area contributed by atoms with E-state index in [-0.39, 0.29) is 36.5 Å². The number of hydrogen-bond donors (Lipinski definition) is 3. The summed E-state index contributed by atoms with van der Waals surface area (Å²) >= 11 is 0. The maximum absolute atomic E-state index is 13.1. The molecule has 3 rings (SSSR count). The molecule has 6 nitrogen and oxygen atoms in total. The Hall–Kier alpha value is -1.70. The predicted molar refractivity (Wildman–Crippen MR) is 82.2 cm³/mol. The first-order valence-corrected chi connectivity index (χ1v) is 7.98. The van der Waals surface area contributed by atoms with Crippen molar-refractivity contribution >= 4 is 5.91 Å². The Bertz CT molecular complexity index is 557. The number of hydrazine groups is 1. The van der Waals surface area contributed by atoms with E-state index in [2.05, 4.69) is 10.9 Å². The van der Waals surface area contributed by atoms with Crippen molar-refractivity contribution in [3.05, 3.63) is 30.1 Å². The first-order valence-electron chi connectivity index (χ1n) is 7.98. The van der Waals surface area contributed by atoms with E-state index < -0.39 is 0 Å². The van der Waals surface area contributed by atoms with E-state index in [1.807, 2.05) is 0 Å². The van der Waals surface area contributed by atoms with Crippen LogP contribution in [0.2, 0.25) is 0 Å². The van der Waals surface area contributed by atoms with Gasteiger partial charge in [-0.15, -0.1) is 0 Å². The average molecular weight is 323 g/mol. The molecule has 1 aromatic rings. The van der Waals surface area contributed by atoms with E-state index in [0.717, 1.165) is 12.8 Å². The zero-order valence-electron chi connectivity index (χ0n) is 12.9. The van der Waals surface area contributed by atoms with Crippen LogP contribution in [0.1, 0.15) is 19.3 Å². The lowest BCUT2D eigenvalue weighted by molar-refractivity contribution is -0.134. The van der Waals surface area contributed by atoms with Gasteiger partial charge in [0.2, 0.25) is 5.91 Å². The molecule has 0 aromatic heterocycles. The smallest absolute Gasteiger partial charge is 0.241 e. The van der Waals surface area contributed by atoms with Crippen LogP contribution >= 0.6 is 0 Å². The van der Waals surface area contributed by atoms with Crippen LogP contribution in [0, 0.1) is 5.82 Å². The van der Waals surface area contributed by atoms with E-state index >= 15 is 0 Å². The fraction of sp³-hybridized carbons (Fsp3) is 0.562. The normalized spacial score (nSPS) is 27.4. The third-order valence-corrected chi connectivity index (χ3v) is 4.40. The molecule has 1 amide bonds. The molecule has 126 valence electrons. The highest BCUT2D eigenvalue weighted by atomic mass is 19.1. The topological polar surface area (TPSA) is 73.8 Å². The quantitative estimate of drug-likeness (QED) is 0.732. The molecule has 0 bridgehead atoms. The van der Waals surface area contributed by atoms with Gasteiger partial charge >= 0.3 is 0 Å². The van der Waals surface area contributed by atoms with Gasteiger partial charge in [0.1, 0.15) is 24.2 Å². The second-order valence-corrected chi connectivity index (χ2v) is 6.05. The van der Waals surface area contributed by atoms with Crippen LogP contribution in [-0.4, -0.2) is 53.8 Å². The first-order chi connectivity index (χ1) is 11.2. The third-order valence-electron chi connectivity index (χ3n) is 4.40. The largest absolute Gasteiger partial charge is 0.492 e. The predicted octanol–water partition coefficient (Wildman–Crippen LogP) is 0.423. The highest BCUT2D eigenvalue weighted by molar-refractivity contribution is 5.82. The van der Waals surface area contributed by atoms with Crippen molar-refractivity contribution in [3.8, 4) is 5.75 Å². The number of hydrogen-bond acceptors (Lipinski definition) is 5. The summed E-state index contributed by atoms with van der Waals surface area (Å²) < 4.78 is 18.7. The van der Waals surface area contributed by atoms with Gasteiger partial charge in [0, 0.05) is 12.6 Å². The van der Waals surface area contributed by atoms with Crippen molar-refractivity contribution in [2.45, 2.75) is 37.4 Å². The Balaban J connectivity index is 1.49. The van der Waals surface area contributed by atoms with Crippen molar-refractivity contribution in [2.24, 2.45) is 0 Å². The van der Waals surface area contributed by atoms with Crippen molar-refractivity contribution in [1.82, 2.24) is 15.8 Å². The van der Waals surface area contributed by atoms with E-state index in [1.165, 1.54) is 12.1 Å².